The zero-order valence-corrected chi connectivity index (χ0v) is 12.8. The molecule has 6 heteroatoms. The summed E-state index contributed by atoms with van der Waals surface area (Å²) in [5.41, 5.74) is 1.10. The van der Waals surface area contributed by atoms with E-state index in [9.17, 15) is 9.90 Å². The number of thiophene rings is 1. The van der Waals surface area contributed by atoms with Crippen LogP contribution in [0.5, 0.6) is 0 Å². The second-order valence-corrected chi connectivity index (χ2v) is 5.97. The normalized spacial score (nSPS) is 22.3. The number of rotatable bonds is 4. The summed E-state index contributed by atoms with van der Waals surface area (Å²) in [6.45, 7) is 6.09. The topological polar surface area (TPSA) is 61.4 Å². The maximum atomic E-state index is 12.1. The summed E-state index contributed by atoms with van der Waals surface area (Å²) >= 11 is 1.48. The fraction of sp³-hybridized carbons (Fsp3) is 0.615. The lowest BCUT2D eigenvalue weighted by Crippen LogP contribution is -2.34. The Kier molecular flexibility index (Phi) is 6.26. The van der Waals surface area contributed by atoms with E-state index in [2.05, 4.69) is 24.5 Å². The molecular weight excluding hydrogens is 284 g/mol. The van der Waals surface area contributed by atoms with Crippen molar-refractivity contribution in [2.45, 2.75) is 25.9 Å². The van der Waals surface area contributed by atoms with Crippen LogP contribution in [0.4, 0.5) is 0 Å². The number of carbonyl (C=O) groups is 1. The molecule has 19 heavy (non-hydrogen) atoms. The van der Waals surface area contributed by atoms with Gasteiger partial charge in [-0.25, -0.2) is 0 Å². The first-order valence-corrected chi connectivity index (χ1v) is 7.22. The van der Waals surface area contributed by atoms with E-state index in [4.69, 9.17) is 0 Å². The Balaban J connectivity index is 0.00000180. The number of hydrogen-bond donors (Lipinski definition) is 3. The summed E-state index contributed by atoms with van der Waals surface area (Å²) in [5.74, 6) is 0.458. The van der Waals surface area contributed by atoms with Gasteiger partial charge in [0.2, 0.25) is 0 Å². The number of aliphatic hydroxyl groups is 1. The zero-order chi connectivity index (χ0) is 13.1. The van der Waals surface area contributed by atoms with Gasteiger partial charge in [0, 0.05) is 25.6 Å². The molecule has 1 aromatic rings. The number of nitrogens with one attached hydrogen (secondary N) is 2. The van der Waals surface area contributed by atoms with Crippen LogP contribution in [0.25, 0.3) is 0 Å². The van der Waals surface area contributed by atoms with Gasteiger partial charge < -0.3 is 15.7 Å². The van der Waals surface area contributed by atoms with Crippen LogP contribution in [-0.4, -0.2) is 36.8 Å². The molecule has 0 aliphatic carbocycles. The van der Waals surface area contributed by atoms with E-state index in [0.717, 1.165) is 17.0 Å². The highest BCUT2D eigenvalue weighted by atomic mass is 35.5. The molecule has 0 aromatic carbocycles. The lowest BCUT2D eigenvalue weighted by atomic mass is 10.0. The van der Waals surface area contributed by atoms with Crippen LogP contribution >= 0.6 is 23.7 Å². The lowest BCUT2D eigenvalue weighted by Gasteiger charge is -2.14. The van der Waals surface area contributed by atoms with Crippen molar-refractivity contribution in [2.75, 3.05) is 19.6 Å². The molecule has 2 atom stereocenters. The Hall–Kier alpha value is -0.620. The maximum absolute atomic E-state index is 12.1. The SMILES string of the molecule is CC(C)c1ccsc1C(=O)NCC1CNCC1O.Cl. The van der Waals surface area contributed by atoms with E-state index in [1.54, 1.807) is 0 Å². The maximum Gasteiger partial charge on any atom is 0.261 e. The van der Waals surface area contributed by atoms with Crippen molar-refractivity contribution in [3.05, 3.63) is 21.9 Å². The van der Waals surface area contributed by atoms with Gasteiger partial charge in [-0.2, -0.15) is 0 Å². The third-order valence-corrected chi connectivity index (χ3v) is 4.28. The van der Waals surface area contributed by atoms with E-state index >= 15 is 0 Å². The van der Waals surface area contributed by atoms with Crippen LogP contribution in [0, 0.1) is 5.92 Å². The van der Waals surface area contributed by atoms with Crippen molar-refractivity contribution < 1.29 is 9.90 Å². The van der Waals surface area contributed by atoms with Crippen molar-refractivity contribution in [1.29, 1.82) is 0 Å². The molecule has 0 spiro atoms. The fourth-order valence-electron chi connectivity index (χ4n) is 2.19. The fourth-order valence-corrected chi connectivity index (χ4v) is 3.16. The van der Waals surface area contributed by atoms with E-state index in [1.807, 2.05) is 11.4 Å². The van der Waals surface area contributed by atoms with Gasteiger partial charge in [0.1, 0.15) is 0 Å². The number of carbonyl (C=O) groups excluding carboxylic acids is 1. The molecule has 3 N–H and O–H groups in total. The molecule has 1 aromatic heterocycles. The van der Waals surface area contributed by atoms with Gasteiger partial charge in [-0.1, -0.05) is 13.8 Å². The second kappa shape index (κ2) is 7.24. The average molecular weight is 305 g/mol. The van der Waals surface area contributed by atoms with Crippen LogP contribution in [0.15, 0.2) is 11.4 Å². The Morgan fingerprint density at radius 1 is 1.58 bits per heavy atom. The summed E-state index contributed by atoms with van der Waals surface area (Å²) in [6.07, 6.45) is -0.349. The molecular formula is C13H21ClN2O2S. The summed E-state index contributed by atoms with van der Waals surface area (Å²) in [5, 5.41) is 17.7. The van der Waals surface area contributed by atoms with Crippen molar-refractivity contribution in [3.8, 4) is 0 Å². The molecule has 0 saturated carbocycles. The number of β-amino-alcohol motifs (C(OH)–C–C–N with tert-alkyl or cyclic N) is 1. The van der Waals surface area contributed by atoms with Gasteiger partial charge >= 0.3 is 0 Å². The Labute approximate surface area is 124 Å². The Bertz CT molecular complexity index is 423. The van der Waals surface area contributed by atoms with E-state index in [-0.39, 0.29) is 30.3 Å². The number of amides is 1. The molecule has 4 nitrogen and oxygen atoms in total. The smallest absolute Gasteiger partial charge is 0.261 e. The Morgan fingerprint density at radius 3 is 2.89 bits per heavy atom. The highest BCUT2D eigenvalue weighted by Crippen LogP contribution is 2.24. The van der Waals surface area contributed by atoms with Crippen LogP contribution in [0.1, 0.15) is 35.0 Å². The van der Waals surface area contributed by atoms with Gasteiger partial charge in [-0.3, -0.25) is 4.79 Å². The quantitative estimate of drug-likeness (QED) is 0.792. The van der Waals surface area contributed by atoms with Gasteiger partial charge in [-0.15, -0.1) is 23.7 Å². The molecule has 1 amide bonds. The highest BCUT2D eigenvalue weighted by molar-refractivity contribution is 7.12. The molecule has 1 saturated heterocycles. The number of hydrogen-bond acceptors (Lipinski definition) is 4. The van der Waals surface area contributed by atoms with Gasteiger partial charge in [-0.05, 0) is 22.9 Å². The zero-order valence-electron chi connectivity index (χ0n) is 11.2. The molecule has 2 rings (SSSR count). The summed E-state index contributed by atoms with van der Waals surface area (Å²) in [7, 11) is 0. The van der Waals surface area contributed by atoms with Crippen LogP contribution in [0.3, 0.4) is 0 Å². The van der Waals surface area contributed by atoms with Gasteiger partial charge in [0.25, 0.3) is 5.91 Å². The molecule has 1 fully saturated rings. The predicted molar refractivity (Wildman–Crippen MR) is 80.4 cm³/mol. The van der Waals surface area contributed by atoms with Crippen LogP contribution in [-0.2, 0) is 0 Å². The lowest BCUT2D eigenvalue weighted by molar-refractivity contribution is 0.0930. The van der Waals surface area contributed by atoms with Gasteiger partial charge in [0.15, 0.2) is 0 Å². The largest absolute Gasteiger partial charge is 0.391 e. The minimum atomic E-state index is -0.349. The first kappa shape index (κ1) is 16.4. The second-order valence-electron chi connectivity index (χ2n) is 5.06. The average Bonchev–Trinajstić information content (AvgIpc) is 2.94. The minimum Gasteiger partial charge on any atom is -0.391 e. The third kappa shape index (κ3) is 3.92. The third-order valence-electron chi connectivity index (χ3n) is 3.35. The van der Waals surface area contributed by atoms with E-state index in [0.29, 0.717) is 19.0 Å². The number of halogens is 1. The van der Waals surface area contributed by atoms with Crippen molar-refractivity contribution in [3.63, 3.8) is 0 Å². The van der Waals surface area contributed by atoms with Crippen molar-refractivity contribution in [1.82, 2.24) is 10.6 Å². The van der Waals surface area contributed by atoms with Crippen molar-refractivity contribution >= 4 is 29.7 Å². The summed E-state index contributed by atoms with van der Waals surface area (Å²) < 4.78 is 0. The standard InChI is InChI=1S/C13H20N2O2S.ClH/c1-8(2)10-3-4-18-12(10)13(17)15-6-9-5-14-7-11(9)16;/h3-4,8-9,11,14,16H,5-7H2,1-2H3,(H,15,17);1H. The molecule has 2 unspecified atom stereocenters. The molecule has 0 bridgehead atoms. The van der Waals surface area contributed by atoms with Gasteiger partial charge in [0.05, 0.1) is 11.0 Å². The summed E-state index contributed by atoms with van der Waals surface area (Å²) in [6, 6.07) is 2.01. The highest BCUT2D eigenvalue weighted by Gasteiger charge is 2.25. The molecule has 1 aliphatic heterocycles. The summed E-state index contributed by atoms with van der Waals surface area (Å²) in [4.78, 5) is 12.9. The van der Waals surface area contributed by atoms with E-state index in [1.165, 1.54) is 11.3 Å². The monoisotopic (exact) mass is 304 g/mol. The molecule has 2 heterocycles. The number of aliphatic hydroxyl groups excluding tert-OH is 1. The van der Waals surface area contributed by atoms with Crippen LogP contribution < -0.4 is 10.6 Å². The minimum absolute atomic E-state index is 0. The Morgan fingerprint density at radius 2 is 2.32 bits per heavy atom. The van der Waals surface area contributed by atoms with Crippen molar-refractivity contribution in [2.24, 2.45) is 5.92 Å². The molecule has 108 valence electrons. The van der Waals surface area contributed by atoms with E-state index < -0.39 is 0 Å². The van der Waals surface area contributed by atoms with Crippen LogP contribution in [0.2, 0.25) is 0 Å². The first-order valence-electron chi connectivity index (χ1n) is 6.34. The predicted octanol–water partition coefficient (Wildman–Crippen LogP) is 1.60. The molecule has 1 aliphatic rings. The molecule has 0 radical (unpaired) electrons. The first-order chi connectivity index (χ1) is 8.59.